The Labute approximate surface area is 176 Å². The molecule has 2 N–H and O–H groups in total. The number of likely N-dealkylation sites (tertiary alicyclic amines) is 1. The van der Waals surface area contributed by atoms with E-state index in [4.69, 9.17) is 19.9 Å². The number of nitrogens with two attached hydrogens (primary N) is 1. The van der Waals surface area contributed by atoms with E-state index in [-0.39, 0.29) is 23.9 Å². The molecule has 1 aliphatic rings. The average molecular weight is 415 g/mol. The van der Waals surface area contributed by atoms with E-state index in [1.807, 2.05) is 34.6 Å². The highest BCUT2D eigenvalue weighted by atomic mass is 16.6. The van der Waals surface area contributed by atoms with Gasteiger partial charge in [0.15, 0.2) is 0 Å². The first-order chi connectivity index (χ1) is 14.0. The lowest BCUT2D eigenvalue weighted by Gasteiger charge is -2.24. The Morgan fingerprint density at radius 1 is 1.23 bits per heavy atom. The molecular weight excluding hydrogens is 386 g/mol. The van der Waals surface area contributed by atoms with Crippen molar-refractivity contribution in [2.45, 2.75) is 58.8 Å². The smallest absolute Gasteiger partial charge is 0.410 e. The maximum atomic E-state index is 12.3. The van der Waals surface area contributed by atoms with Crippen LogP contribution in [0.3, 0.4) is 0 Å². The molecule has 1 aliphatic heterocycles. The molecule has 1 aromatic heterocycles. The number of hydrogen-bond donors (Lipinski definition) is 1. The molecule has 0 bridgehead atoms. The maximum absolute atomic E-state index is 12.3. The van der Waals surface area contributed by atoms with Gasteiger partial charge < -0.3 is 24.8 Å². The summed E-state index contributed by atoms with van der Waals surface area (Å²) in [5.41, 5.74) is 5.83. The van der Waals surface area contributed by atoms with Crippen LogP contribution in [0.15, 0.2) is 24.4 Å². The number of hydrogen-bond acceptors (Lipinski definition) is 6. The Hall–Kier alpha value is -3.03. The van der Waals surface area contributed by atoms with E-state index in [9.17, 15) is 9.59 Å². The summed E-state index contributed by atoms with van der Waals surface area (Å²) in [5.74, 6) is 0.426. The van der Waals surface area contributed by atoms with Crippen molar-refractivity contribution in [1.29, 1.82) is 0 Å². The number of amides is 2. The summed E-state index contributed by atoms with van der Waals surface area (Å²) in [7, 11) is 0. The van der Waals surface area contributed by atoms with Gasteiger partial charge >= 0.3 is 6.09 Å². The van der Waals surface area contributed by atoms with Gasteiger partial charge in [-0.05, 0) is 52.8 Å². The third-order valence-corrected chi connectivity index (χ3v) is 4.52. The van der Waals surface area contributed by atoms with Gasteiger partial charge in [0.25, 0.3) is 5.91 Å². The number of aromatic nitrogens is 1. The predicted octanol–water partition coefficient (Wildman–Crippen LogP) is 3.51. The first-order valence-electron chi connectivity index (χ1n) is 10.1. The van der Waals surface area contributed by atoms with Crippen molar-refractivity contribution in [2.75, 3.05) is 13.1 Å². The second kappa shape index (κ2) is 8.38. The SMILES string of the molecule is CC(C)Oc1cc2c(OC3CCN(C(=O)OC(C)(C)C)C3)ccnc2cc1C(N)=O. The minimum absolute atomic E-state index is 0.126. The van der Waals surface area contributed by atoms with Crippen molar-refractivity contribution in [2.24, 2.45) is 5.73 Å². The van der Waals surface area contributed by atoms with E-state index in [1.54, 1.807) is 29.3 Å². The van der Waals surface area contributed by atoms with Gasteiger partial charge in [-0.2, -0.15) is 0 Å². The Morgan fingerprint density at radius 3 is 2.60 bits per heavy atom. The molecule has 1 atom stereocenters. The standard InChI is InChI=1S/C22H29N3O5/c1-13(2)28-19-11-15-17(10-16(19)20(23)26)24-8-6-18(15)29-14-7-9-25(12-14)21(27)30-22(3,4)5/h6,8,10-11,13-14H,7,9,12H2,1-5H3,(H2,23,26). The molecule has 2 heterocycles. The summed E-state index contributed by atoms with van der Waals surface area (Å²) in [6.45, 7) is 10.3. The van der Waals surface area contributed by atoms with Crippen molar-refractivity contribution in [3.05, 3.63) is 30.0 Å². The van der Waals surface area contributed by atoms with Crippen LogP contribution in [0, 0.1) is 0 Å². The second-order valence-electron chi connectivity index (χ2n) is 8.66. The summed E-state index contributed by atoms with van der Waals surface area (Å²) < 4.78 is 17.4. The van der Waals surface area contributed by atoms with Crippen LogP contribution in [0.1, 0.15) is 51.4 Å². The van der Waals surface area contributed by atoms with Crippen molar-refractivity contribution in [3.63, 3.8) is 0 Å². The van der Waals surface area contributed by atoms with Gasteiger partial charge in [0.2, 0.25) is 0 Å². The third kappa shape index (κ3) is 5.11. The fourth-order valence-corrected chi connectivity index (χ4v) is 3.29. The van der Waals surface area contributed by atoms with Crippen molar-refractivity contribution < 1.29 is 23.8 Å². The molecule has 1 saturated heterocycles. The van der Waals surface area contributed by atoms with Crippen LogP contribution in [0.4, 0.5) is 4.79 Å². The van der Waals surface area contributed by atoms with Crippen LogP contribution in [0.5, 0.6) is 11.5 Å². The highest BCUT2D eigenvalue weighted by molar-refractivity contribution is 6.01. The van der Waals surface area contributed by atoms with Crippen molar-refractivity contribution >= 4 is 22.9 Å². The number of benzene rings is 1. The molecule has 8 heteroatoms. The second-order valence-corrected chi connectivity index (χ2v) is 8.66. The van der Waals surface area contributed by atoms with E-state index >= 15 is 0 Å². The molecule has 2 amide bonds. The number of fused-ring (bicyclic) bond motifs is 1. The zero-order chi connectivity index (χ0) is 22.1. The summed E-state index contributed by atoms with van der Waals surface area (Å²) in [5, 5.41) is 0.717. The molecule has 0 saturated carbocycles. The molecule has 3 rings (SSSR count). The lowest BCUT2D eigenvalue weighted by atomic mass is 10.1. The van der Waals surface area contributed by atoms with E-state index < -0.39 is 11.5 Å². The van der Waals surface area contributed by atoms with E-state index in [0.29, 0.717) is 41.9 Å². The Kier molecular flexibility index (Phi) is 6.05. The van der Waals surface area contributed by atoms with Crippen LogP contribution in [-0.4, -0.2) is 52.8 Å². The molecule has 0 aliphatic carbocycles. The van der Waals surface area contributed by atoms with Gasteiger partial charge in [-0.15, -0.1) is 0 Å². The van der Waals surface area contributed by atoms with Gasteiger partial charge in [0, 0.05) is 24.5 Å². The quantitative estimate of drug-likeness (QED) is 0.801. The van der Waals surface area contributed by atoms with Crippen LogP contribution in [0.25, 0.3) is 10.9 Å². The van der Waals surface area contributed by atoms with E-state index in [2.05, 4.69) is 4.98 Å². The Bertz CT molecular complexity index is 952. The van der Waals surface area contributed by atoms with E-state index in [0.717, 1.165) is 0 Å². The number of carbonyl (C=O) groups excluding carboxylic acids is 2. The van der Waals surface area contributed by atoms with Gasteiger partial charge in [0.05, 0.1) is 23.7 Å². The summed E-state index contributed by atoms with van der Waals surface area (Å²) in [4.78, 5) is 30.1. The van der Waals surface area contributed by atoms with Crippen LogP contribution in [0.2, 0.25) is 0 Å². The monoisotopic (exact) mass is 415 g/mol. The number of carbonyl (C=O) groups is 2. The van der Waals surface area contributed by atoms with Gasteiger partial charge in [-0.1, -0.05) is 0 Å². The molecular formula is C22H29N3O5. The first kappa shape index (κ1) is 21.7. The molecule has 1 unspecified atom stereocenters. The number of rotatable bonds is 5. The average Bonchev–Trinajstić information content (AvgIpc) is 3.08. The first-order valence-corrected chi connectivity index (χ1v) is 10.1. The largest absolute Gasteiger partial charge is 0.490 e. The summed E-state index contributed by atoms with van der Waals surface area (Å²) in [6, 6.07) is 5.11. The summed E-state index contributed by atoms with van der Waals surface area (Å²) in [6.07, 6.45) is 1.67. The Morgan fingerprint density at radius 2 is 1.97 bits per heavy atom. The topological polar surface area (TPSA) is 104 Å². The zero-order valence-corrected chi connectivity index (χ0v) is 18.1. The predicted molar refractivity (Wildman–Crippen MR) is 113 cm³/mol. The highest BCUT2D eigenvalue weighted by Crippen LogP contribution is 2.33. The van der Waals surface area contributed by atoms with Crippen LogP contribution < -0.4 is 15.2 Å². The number of nitrogens with zero attached hydrogens (tertiary/aromatic N) is 2. The fourth-order valence-electron chi connectivity index (χ4n) is 3.29. The number of primary amides is 1. The molecule has 2 aromatic rings. The third-order valence-electron chi connectivity index (χ3n) is 4.52. The fraction of sp³-hybridized carbons (Fsp3) is 0.500. The lowest BCUT2D eigenvalue weighted by Crippen LogP contribution is -2.36. The number of ether oxygens (including phenoxy) is 3. The molecule has 162 valence electrons. The minimum atomic E-state index is -0.579. The number of pyridine rings is 1. The van der Waals surface area contributed by atoms with Crippen molar-refractivity contribution in [1.82, 2.24) is 9.88 Å². The molecule has 30 heavy (non-hydrogen) atoms. The molecule has 8 nitrogen and oxygen atoms in total. The van der Waals surface area contributed by atoms with E-state index in [1.165, 1.54) is 0 Å². The van der Waals surface area contributed by atoms with Gasteiger partial charge in [-0.25, -0.2) is 4.79 Å². The minimum Gasteiger partial charge on any atom is -0.490 e. The normalized spacial score (nSPS) is 16.7. The highest BCUT2D eigenvalue weighted by Gasteiger charge is 2.31. The molecule has 0 radical (unpaired) electrons. The molecule has 1 fully saturated rings. The maximum Gasteiger partial charge on any atom is 0.410 e. The van der Waals surface area contributed by atoms with Gasteiger partial charge in [-0.3, -0.25) is 9.78 Å². The van der Waals surface area contributed by atoms with Crippen molar-refractivity contribution in [3.8, 4) is 11.5 Å². The molecule has 0 spiro atoms. The Balaban J connectivity index is 1.83. The van der Waals surface area contributed by atoms with Gasteiger partial charge in [0.1, 0.15) is 23.2 Å². The summed E-state index contributed by atoms with van der Waals surface area (Å²) >= 11 is 0. The zero-order valence-electron chi connectivity index (χ0n) is 18.1. The molecule has 1 aromatic carbocycles. The van der Waals surface area contributed by atoms with Crippen LogP contribution in [-0.2, 0) is 4.74 Å². The van der Waals surface area contributed by atoms with Crippen LogP contribution >= 0.6 is 0 Å². The lowest BCUT2D eigenvalue weighted by molar-refractivity contribution is 0.0276.